The van der Waals surface area contributed by atoms with Gasteiger partial charge in [0.1, 0.15) is 35.9 Å². The average molecular weight is 809 g/mol. The number of benzene rings is 1. The van der Waals surface area contributed by atoms with Crippen LogP contribution in [0, 0.1) is 17.8 Å². The average Bonchev–Trinajstić information content (AvgIpc) is 4.07. The van der Waals surface area contributed by atoms with Crippen LogP contribution in [0.2, 0.25) is 0 Å². The number of amides is 4. The molecular formula is C41H56N6O9S. The van der Waals surface area contributed by atoms with Crippen molar-refractivity contribution >= 4 is 50.3 Å². The number of carbonyl (C=O) groups excluding carboxylic acids is 4. The van der Waals surface area contributed by atoms with Gasteiger partial charge in [0.25, 0.3) is 5.91 Å². The summed E-state index contributed by atoms with van der Waals surface area (Å²) in [6.07, 6.45) is 7.88. The number of carbonyl (C=O) groups is 4. The van der Waals surface area contributed by atoms with Crippen molar-refractivity contribution in [2.24, 2.45) is 17.8 Å². The molecule has 3 fully saturated rings. The van der Waals surface area contributed by atoms with E-state index in [9.17, 15) is 27.6 Å². The third-order valence-corrected chi connectivity index (χ3v) is 13.7. The lowest BCUT2D eigenvalue weighted by atomic mass is 9.85. The predicted octanol–water partition coefficient (Wildman–Crippen LogP) is 4.19. The largest absolute Gasteiger partial charge is 0.489 e. The molecule has 16 heteroatoms. The van der Waals surface area contributed by atoms with Gasteiger partial charge >= 0.3 is 6.09 Å². The van der Waals surface area contributed by atoms with Crippen LogP contribution in [0.4, 0.5) is 10.5 Å². The summed E-state index contributed by atoms with van der Waals surface area (Å²) in [6.45, 7) is 10.6. The summed E-state index contributed by atoms with van der Waals surface area (Å²) >= 11 is 0. The molecule has 7 rings (SSSR count). The van der Waals surface area contributed by atoms with E-state index in [4.69, 9.17) is 14.2 Å². The van der Waals surface area contributed by atoms with Crippen molar-refractivity contribution in [2.45, 2.75) is 121 Å². The Kier molecular flexibility index (Phi) is 11.1. The van der Waals surface area contributed by atoms with Gasteiger partial charge in [-0.05, 0) is 89.3 Å². The van der Waals surface area contributed by atoms with Gasteiger partial charge in [-0.2, -0.15) is 0 Å². The molecule has 3 aliphatic heterocycles. The number of alkyl carbamates (subject to hydrolysis) is 1. The molecule has 310 valence electrons. The molecule has 1 saturated heterocycles. The third-order valence-electron chi connectivity index (χ3n) is 11.8. The zero-order valence-corrected chi connectivity index (χ0v) is 34.5. The van der Waals surface area contributed by atoms with Crippen molar-refractivity contribution in [1.29, 1.82) is 0 Å². The highest BCUT2D eigenvalue weighted by Gasteiger charge is 2.62. The number of hydrogen-bond acceptors (Lipinski definition) is 11. The molecule has 0 bridgehead atoms. The van der Waals surface area contributed by atoms with Crippen LogP contribution in [0.15, 0.2) is 36.5 Å². The van der Waals surface area contributed by atoms with Crippen LogP contribution in [0.25, 0.3) is 10.8 Å². The molecule has 7 atom stereocenters. The highest BCUT2D eigenvalue weighted by atomic mass is 32.2. The summed E-state index contributed by atoms with van der Waals surface area (Å²) < 4.78 is 46.4. The number of hydrogen-bond donors (Lipinski definition) is 3. The second-order valence-corrected chi connectivity index (χ2v) is 19.4. The maximum atomic E-state index is 15.0. The fourth-order valence-corrected chi connectivity index (χ4v) is 9.81. The Hall–Kier alpha value is -4.60. The molecule has 4 heterocycles. The van der Waals surface area contributed by atoms with Gasteiger partial charge in [-0.3, -0.25) is 19.1 Å². The SMILES string of the molecule is CC[C@@H]1C[C@H](C)CC/C=C\[C@@H]2C[C@@]2(C(=O)NS(=O)(=O)C2CC2)NC(=O)[C@@H]2C[C@@H](Oc3nccc4c5c(ccc34)N(C)CCO5)CN2C(=O)[C@H]1NC(=O)OC(C)(C)C. The van der Waals surface area contributed by atoms with Gasteiger partial charge in [-0.15, -0.1) is 0 Å². The first kappa shape index (κ1) is 40.6. The minimum Gasteiger partial charge on any atom is -0.489 e. The molecular weight excluding hydrogens is 753 g/mol. The lowest BCUT2D eigenvalue weighted by molar-refractivity contribution is -0.142. The van der Waals surface area contributed by atoms with E-state index in [0.29, 0.717) is 50.0 Å². The zero-order valence-electron chi connectivity index (χ0n) is 33.7. The van der Waals surface area contributed by atoms with Gasteiger partial charge in [0.15, 0.2) is 5.75 Å². The molecule has 2 saturated carbocycles. The molecule has 57 heavy (non-hydrogen) atoms. The summed E-state index contributed by atoms with van der Waals surface area (Å²) in [4.78, 5) is 64.9. The number of rotatable bonds is 7. The maximum absolute atomic E-state index is 15.0. The summed E-state index contributed by atoms with van der Waals surface area (Å²) in [5.41, 5.74) is -1.39. The first-order valence-corrected chi connectivity index (χ1v) is 21.8. The highest BCUT2D eigenvalue weighted by molar-refractivity contribution is 7.91. The van der Waals surface area contributed by atoms with E-state index in [1.807, 2.05) is 44.3 Å². The first-order chi connectivity index (χ1) is 27.0. The molecule has 2 aromatic rings. The Labute approximate surface area is 334 Å². The van der Waals surface area contributed by atoms with Crippen LogP contribution in [0.1, 0.15) is 86.0 Å². The predicted molar refractivity (Wildman–Crippen MR) is 213 cm³/mol. The van der Waals surface area contributed by atoms with Crippen LogP contribution in [0.3, 0.4) is 0 Å². The smallest absolute Gasteiger partial charge is 0.408 e. The van der Waals surface area contributed by atoms with Gasteiger partial charge in [0, 0.05) is 36.4 Å². The first-order valence-electron chi connectivity index (χ1n) is 20.3. The van der Waals surface area contributed by atoms with E-state index < -0.39 is 74.3 Å². The Balaban J connectivity index is 1.24. The molecule has 4 amide bonds. The minimum atomic E-state index is -3.91. The molecule has 1 aromatic heterocycles. The second-order valence-electron chi connectivity index (χ2n) is 17.5. The monoisotopic (exact) mass is 808 g/mol. The second kappa shape index (κ2) is 15.6. The van der Waals surface area contributed by atoms with Crippen molar-refractivity contribution in [3.05, 3.63) is 36.5 Å². The number of fused-ring (bicyclic) bond motifs is 5. The number of likely N-dealkylation sites (N-methyl/N-ethyl adjacent to an activating group) is 1. The standard InChI is InChI=1S/C41H56N6O9S/c1-7-25-20-24(2)10-8-9-11-26-22-41(26,38(50)45-57(52,53)28-12-13-28)44-35(48)32-21-27(23-47(32)37(49)33(25)43-39(51)56-40(3,4)5)55-36-30-14-15-31-34(29(30)16-17-42-36)54-19-18-46(31)6/h9,11,14-17,24-28,32-33H,7-8,10,12-13,18-23H2,1-6H3,(H,43,51)(H,44,48)(H,45,50)/b11-9-/t24-,25-,26-,27-,32+,33+,41-/m1/s1. The Morgan fingerprint density at radius 2 is 1.88 bits per heavy atom. The van der Waals surface area contributed by atoms with Gasteiger partial charge in [-0.1, -0.05) is 32.4 Å². The lowest BCUT2D eigenvalue weighted by Gasteiger charge is -2.34. The molecule has 3 N–H and O–H groups in total. The number of anilines is 1. The van der Waals surface area contributed by atoms with E-state index in [1.165, 1.54) is 4.90 Å². The summed E-state index contributed by atoms with van der Waals surface area (Å²) in [5.74, 6) is -1.42. The van der Waals surface area contributed by atoms with Gasteiger partial charge in [-0.25, -0.2) is 18.2 Å². The van der Waals surface area contributed by atoms with Crippen LogP contribution in [-0.4, -0.2) is 103 Å². The highest BCUT2D eigenvalue weighted by Crippen LogP contribution is 2.46. The Morgan fingerprint density at radius 1 is 1.11 bits per heavy atom. The van der Waals surface area contributed by atoms with E-state index in [-0.39, 0.29) is 31.2 Å². The van der Waals surface area contributed by atoms with Gasteiger partial charge < -0.3 is 34.6 Å². The maximum Gasteiger partial charge on any atom is 0.408 e. The Bertz CT molecular complexity index is 2050. The van der Waals surface area contributed by atoms with Crippen LogP contribution in [-0.2, 0) is 29.1 Å². The van der Waals surface area contributed by atoms with Gasteiger partial charge in [0.05, 0.1) is 24.0 Å². The number of nitrogens with one attached hydrogen (secondary N) is 3. The molecule has 5 aliphatic rings. The summed E-state index contributed by atoms with van der Waals surface area (Å²) in [5, 5.41) is 6.68. The molecule has 0 radical (unpaired) electrons. The van der Waals surface area contributed by atoms with Crippen LogP contribution >= 0.6 is 0 Å². The number of sulfonamides is 1. The van der Waals surface area contributed by atoms with Crippen molar-refractivity contribution in [3.63, 3.8) is 0 Å². The van der Waals surface area contributed by atoms with Gasteiger partial charge in [0.2, 0.25) is 27.7 Å². The molecule has 0 spiro atoms. The van der Waals surface area contributed by atoms with Crippen LogP contribution < -0.4 is 29.7 Å². The lowest BCUT2D eigenvalue weighted by Crippen LogP contribution is -2.59. The molecule has 15 nitrogen and oxygen atoms in total. The topological polar surface area (TPSA) is 186 Å². The molecule has 2 aliphatic carbocycles. The van der Waals surface area contributed by atoms with Crippen molar-refractivity contribution in [3.8, 4) is 11.6 Å². The van der Waals surface area contributed by atoms with Crippen molar-refractivity contribution in [1.82, 2.24) is 25.2 Å². The van der Waals surface area contributed by atoms with E-state index >= 15 is 0 Å². The normalized spacial score (nSPS) is 30.0. The van der Waals surface area contributed by atoms with Crippen molar-refractivity contribution < 1.29 is 41.8 Å². The number of nitrogens with zero attached hydrogens (tertiary/aromatic N) is 3. The molecule has 0 unspecified atom stereocenters. The molecule has 1 aromatic carbocycles. The summed E-state index contributed by atoms with van der Waals surface area (Å²) in [7, 11) is -1.90. The van der Waals surface area contributed by atoms with Crippen molar-refractivity contribution in [2.75, 3.05) is 31.6 Å². The van der Waals surface area contributed by atoms with Crippen LogP contribution in [0.5, 0.6) is 11.6 Å². The third kappa shape index (κ3) is 8.65. The quantitative estimate of drug-likeness (QED) is 0.341. The van der Waals surface area contributed by atoms with E-state index in [2.05, 4.69) is 32.2 Å². The number of aromatic nitrogens is 1. The summed E-state index contributed by atoms with van der Waals surface area (Å²) in [6, 6.07) is 3.57. The Morgan fingerprint density at radius 3 is 2.60 bits per heavy atom. The number of pyridine rings is 1. The van der Waals surface area contributed by atoms with E-state index in [1.54, 1.807) is 27.0 Å². The van der Waals surface area contributed by atoms with E-state index in [0.717, 1.165) is 29.8 Å². The number of allylic oxidation sites excluding steroid dienone is 1. The number of ether oxygens (including phenoxy) is 3. The fraction of sp³-hybridized carbons (Fsp3) is 0.634. The fourth-order valence-electron chi connectivity index (χ4n) is 8.45. The zero-order chi connectivity index (χ0) is 40.9. The minimum absolute atomic E-state index is 0.0176.